The van der Waals surface area contributed by atoms with Crippen LogP contribution in [0.3, 0.4) is 0 Å². The van der Waals surface area contributed by atoms with Gasteiger partial charge in [0.2, 0.25) is 11.7 Å². The second-order valence-electron chi connectivity index (χ2n) is 4.46. The van der Waals surface area contributed by atoms with Crippen molar-refractivity contribution in [1.29, 1.82) is 0 Å². The van der Waals surface area contributed by atoms with Gasteiger partial charge in [0, 0.05) is 13.0 Å². The normalized spacial score (nSPS) is 19.7. The molecule has 2 atom stereocenters. The highest BCUT2D eigenvalue weighted by Crippen LogP contribution is 2.42. The van der Waals surface area contributed by atoms with Crippen LogP contribution >= 0.6 is 0 Å². The van der Waals surface area contributed by atoms with E-state index in [2.05, 4.69) is 10.1 Å². The average molecular weight is 225 g/mol. The molecule has 2 N–H and O–H groups in total. The summed E-state index contributed by atoms with van der Waals surface area (Å²) in [7, 11) is 1.70. The topological polar surface area (TPSA) is 74.2 Å². The van der Waals surface area contributed by atoms with Crippen LogP contribution in [0, 0.1) is 5.92 Å². The number of aromatic nitrogens is 2. The van der Waals surface area contributed by atoms with Crippen molar-refractivity contribution in [3.63, 3.8) is 0 Å². The Labute approximate surface area is 95.3 Å². The van der Waals surface area contributed by atoms with E-state index in [1.165, 1.54) is 12.8 Å². The van der Waals surface area contributed by atoms with Crippen LogP contribution in [0.5, 0.6) is 0 Å². The first kappa shape index (κ1) is 11.5. The molecule has 0 saturated heterocycles. The maximum absolute atomic E-state index is 5.50. The van der Waals surface area contributed by atoms with E-state index >= 15 is 0 Å². The standard InChI is InChI=1S/C11H19N3O2/c1-7(5-6-12)11-13-10(14-16-11)9(15-2)8-3-4-8/h7-9H,3-6,12H2,1-2H3. The smallest absolute Gasteiger partial charge is 0.229 e. The molecule has 90 valence electrons. The molecule has 5 nitrogen and oxygen atoms in total. The molecule has 1 aliphatic rings. The van der Waals surface area contributed by atoms with Crippen molar-refractivity contribution in [2.24, 2.45) is 11.7 Å². The van der Waals surface area contributed by atoms with E-state index in [0.29, 0.717) is 24.2 Å². The van der Waals surface area contributed by atoms with Gasteiger partial charge in [-0.1, -0.05) is 12.1 Å². The fraction of sp³-hybridized carbons (Fsp3) is 0.818. The van der Waals surface area contributed by atoms with Crippen molar-refractivity contribution < 1.29 is 9.26 Å². The lowest BCUT2D eigenvalue weighted by Gasteiger charge is -2.08. The summed E-state index contributed by atoms with van der Waals surface area (Å²) in [6.45, 7) is 2.68. The van der Waals surface area contributed by atoms with E-state index in [9.17, 15) is 0 Å². The van der Waals surface area contributed by atoms with Crippen molar-refractivity contribution in [3.8, 4) is 0 Å². The van der Waals surface area contributed by atoms with Gasteiger partial charge in [0.25, 0.3) is 0 Å². The first-order valence-corrected chi connectivity index (χ1v) is 5.82. The summed E-state index contributed by atoms with van der Waals surface area (Å²) < 4.78 is 10.6. The van der Waals surface area contributed by atoms with Gasteiger partial charge in [-0.15, -0.1) is 0 Å². The van der Waals surface area contributed by atoms with Gasteiger partial charge in [0.1, 0.15) is 6.10 Å². The van der Waals surface area contributed by atoms with E-state index in [-0.39, 0.29) is 12.0 Å². The Balaban J connectivity index is 2.05. The Morgan fingerprint density at radius 2 is 2.31 bits per heavy atom. The SMILES string of the molecule is COC(c1noc(C(C)CCN)n1)C1CC1. The summed E-state index contributed by atoms with van der Waals surface area (Å²) >= 11 is 0. The fourth-order valence-electron chi connectivity index (χ4n) is 1.84. The van der Waals surface area contributed by atoms with Crippen LogP contribution < -0.4 is 5.73 Å². The zero-order chi connectivity index (χ0) is 11.5. The highest BCUT2D eigenvalue weighted by atomic mass is 16.5. The molecule has 0 aromatic carbocycles. The minimum atomic E-state index is 0.00239. The Morgan fingerprint density at radius 1 is 1.56 bits per heavy atom. The third kappa shape index (κ3) is 2.41. The number of methoxy groups -OCH3 is 1. The number of ether oxygens (including phenoxy) is 1. The second-order valence-corrected chi connectivity index (χ2v) is 4.46. The van der Waals surface area contributed by atoms with Gasteiger partial charge in [-0.05, 0) is 31.7 Å². The molecule has 0 radical (unpaired) electrons. The highest BCUT2D eigenvalue weighted by molar-refractivity contribution is 5.00. The Hall–Kier alpha value is -0.940. The molecule has 5 heteroatoms. The highest BCUT2D eigenvalue weighted by Gasteiger charge is 2.35. The van der Waals surface area contributed by atoms with Gasteiger partial charge in [-0.25, -0.2) is 0 Å². The van der Waals surface area contributed by atoms with Crippen molar-refractivity contribution in [2.75, 3.05) is 13.7 Å². The maximum atomic E-state index is 5.50. The summed E-state index contributed by atoms with van der Waals surface area (Å²) in [5.74, 6) is 2.15. The lowest BCUT2D eigenvalue weighted by molar-refractivity contribution is 0.0751. The predicted molar refractivity (Wildman–Crippen MR) is 58.9 cm³/mol. The van der Waals surface area contributed by atoms with Gasteiger partial charge in [-0.3, -0.25) is 0 Å². The molecule has 1 aromatic rings. The minimum absolute atomic E-state index is 0.00239. The molecule has 1 aliphatic carbocycles. The van der Waals surface area contributed by atoms with Gasteiger partial charge < -0.3 is 15.0 Å². The van der Waals surface area contributed by atoms with Crippen LogP contribution in [0.25, 0.3) is 0 Å². The van der Waals surface area contributed by atoms with Gasteiger partial charge in [-0.2, -0.15) is 4.98 Å². The molecule has 1 fully saturated rings. The molecule has 1 saturated carbocycles. The van der Waals surface area contributed by atoms with Crippen LogP contribution in [-0.2, 0) is 4.74 Å². The molecule has 0 amide bonds. The van der Waals surface area contributed by atoms with Gasteiger partial charge in [0.05, 0.1) is 0 Å². The molecule has 0 spiro atoms. The largest absolute Gasteiger partial charge is 0.373 e. The number of rotatable bonds is 6. The van der Waals surface area contributed by atoms with E-state index < -0.39 is 0 Å². The molecule has 0 aliphatic heterocycles. The van der Waals surface area contributed by atoms with E-state index in [1.54, 1.807) is 7.11 Å². The molecule has 1 aromatic heterocycles. The van der Waals surface area contributed by atoms with Crippen LogP contribution in [0.15, 0.2) is 4.52 Å². The van der Waals surface area contributed by atoms with Gasteiger partial charge >= 0.3 is 0 Å². The third-order valence-electron chi connectivity index (χ3n) is 3.04. The van der Waals surface area contributed by atoms with E-state index in [1.807, 2.05) is 6.92 Å². The Morgan fingerprint density at radius 3 is 2.88 bits per heavy atom. The molecular formula is C11H19N3O2. The Kier molecular flexibility index (Phi) is 3.56. The van der Waals surface area contributed by atoms with Crippen molar-refractivity contribution in [3.05, 3.63) is 11.7 Å². The zero-order valence-corrected chi connectivity index (χ0v) is 9.85. The van der Waals surface area contributed by atoms with Crippen molar-refractivity contribution >= 4 is 0 Å². The maximum Gasteiger partial charge on any atom is 0.229 e. The molecule has 0 bridgehead atoms. The summed E-state index contributed by atoms with van der Waals surface area (Å²) in [5.41, 5.74) is 5.50. The predicted octanol–water partition coefficient (Wildman–Crippen LogP) is 1.62. The zero-order valence-electron chi connectivity index (χ0n) is 9.85. The lowest BCUT2D eigenvalue weighted by Crippen LogP contribution is -2.07. The van der Waals surface area contributed by atoms with Crippen LogP contribution in [0.1, 0.15) is 49.9 Å². The van der Waals surface area contributed by atoms with Crippen LogP contribution in [0.2, 0.25) is 0 Å². The monoisotopic (exact) mass is 225 g/mol. The second kappa shape index (κ2) is 4.93. The van der Waals surface area contributed by atoms with Crippen molar-refractivity contribution in [1.82, 2.24) is 10.1 Å². The van der Waals surface area contributed by atoms with Crippen LogP contribution in [0.4, 0.5) is 0 Å². The van der Waals surface area contributed by atoms with Gasteiger partial charge in [0.15, 0.2) is 0 Å². The quantitative estimate of drug-likeness (QED) is 0.796. The molecule has 2 rings (SSSR count). The summed E-state index contributed by atoms with van der Waals surface area (Å²) in [6, 6.07) is 0. The third-order valence-corrected chi connectivity index (χ3v) is 3.04. The van der Waals surface area contributed by atoms with Crippen molar-refractivity contribution in [2.45, 2.75) is 38.2 Å². The minimum Gasteiger partial charge on any atom is -0.373 e. The molecule has 1 heterocycles. The van der Waals surface area contributed by atoms with E-state index in [4.69, 9.17) is 15.0 Å². The van der Waals surface area contributed by atoms with Crippen LogP contribution in [-0.4, -0.2) is 23.8 Å². The summed E-state index contributed by atoms with van der Waals surface area (Å²) in [5, 5.41) is 4.00. The fourth-order valence-corrected chi connectivity index (χ4v) is 1.84. The number of nitrogens with two attached hydrogens (primary N) is 1. The molecule has 2 unspecified atom stereocenters. The number of hydrogen-bond donors (Lipinski definition) is 1. The summed E-state index contributed by atoms with van der Waals surface area (Å²) in [6.07, 6.45) is 3.26. The molecular weight excluding hydrogens is 206 g/mol. The molecule has 16 heavy (non-hydrogen) atoms. The first-order valence-electron chi connectivity index (χ1n) is 5.82. The average Bonchev–Trinajstić information content (AvgIpc) is 2.97. The number of nitrogens with zero attached hydrogens (tertiary/aromatic N) is 2. The first-order chi connectivity index (χ1) is 7.76. The summed E-state index contributed by atoms with van der Waals surface area (Å²) in [4.78, 5) is 4.40. The van der Waals surface area contributed by atoms with E-state index in [0.717, 1.165) is 6.42 Å². The Bertz CT molecular complexity index is 336. The number of hydrogen-bond acceptors (Lipinski definition) is 5. The lowest BCUT2D eigenvalue weighted by atomic mass is 10.1.